The van der Waals surface area contributed by atoms with Crippen molar-refractivity contribution in [1.82, 2.24) is 15.3 Å². The molecule has 176 valence electrons. The number of piperazine rings is 1. The van der Waals surface area contributed by atoms with Gasteiger partial charge in [-0.05, 0) is 43.8 Å². The number of nitrogens with one attached hydrogen (secondary N) is 2. The lowest BCUT2D eigenvalue weighted by Gasteiger charge is -2.28. The van der Waals surface area contributed by atoms with Crippen molar-refractivity contribution < 1.29 is 13.5 Å². The molecule has 0 spiro atoms. The van der Waals surface area contributed by atoms with E-state index in [1.54, 1.807) is 6.08 Å². The van der Waals surface area contributed by atoms with Crippen LogP contribution in [-0.2, 0) is 6.42 Å². The van der Waals surface area contributed by atoms with Crippen molar-refractivity contribution in [2.75, 3.05) is 42.9 Å². The van der Waals surface area contributed by atoms with E-state index in [1.165, 1.54) is 18.4 Å². The van der Waals surface area contributed by atoms with E-state index in [1.807, 2.05) is 13.0 Å². The van der Waals surface area contributed by atoms with Crippen LogP contribution in [0.15, 0.2) is 34.3 Å². The Labute approximate surface area is 196 Å². The minimum Gasteiger partial charge on any atom is -0.421 e. The summed E-state index contributed by atoms with van der Waals surface area (Å²) in [6, 6.07) is 2.89. The minimum atomic E-state index is -0.601. The van der Waals surface area contributed by atoms with Crippen molar-refractivity contribution in [2.24, 2.45) is 10.9 Å². The van der Waals surface area contributed by atoms with Gasteiger partial charge in [0.15, 0.2) is 11.6 Å². The molecule has 0 atom stereocenters. The quantitative estimate of drug-likeness (QED) is 0.695. The number of fused-ring (bicyclic) bond motifs is 1. The monoisotopic (exact) mass is 464 g/mol. The van der Waals surface area contributed by atoms with Gasteiger partial charge in [-0.2, -0.15) is 9.97 Å². The molecular formula is C25H26F2N6O. The number of halogens is 2. The SMILES string of the molecule is CC1=Cc2c(F)c(Oc3nc(NC4=NCC(C5CC5)=C4)cc(N4CCNCC4)n3)cc(F)c2C1. The molecule has 1 saturated carbocycles. The molecule has 2 aromatic rings. The zero-order chi connectivity index (χ0) is 23.2. The van der Waals surface area contributed by atoms with Gasteiger partial charge in [-0.3, -0.25) is 4.99 Å². The molecule has 2 N–H and O–H groups in total. The van der Waals surface area contributed by atoms with Crippen molar-refractivity contribution in [1.29, 1.82) is 0 Å². The highest BCUT2D eigenvalue weighted by Crippen LogP contribution is 2.38. The Morgan fingerprint density at radius 3 is 2.74 bits per heavy atom. The van der Waals surface area contributed by atoms with Gasteiger partial charge in [-0.1, -0.05) is 11.6 Å². The number of aliphatic imine (C=N–C) groups is 1. The Morgan fingerprint density at radius 1 is 1.12 bits per heavy atom. The maximum absolute atomic E-state index is 15.2. The normalized spacial score (nSPS) is 19.5. The number of anilines is 2. The Hall–Kier alpha value is -3.33. The molecule has 1 aromatic heterocycles. The van der Waals surface area contributed by atoms with Crippen LogP contribution in [0.5, 0.6) is 11.8 Å². The molecule has 7 nitrogen and oxygen atoms in total. The van der Waals surface area contributed by atoms with E-state index in [2.05, 4.69) is 36.6 Å². The number of allylic oxidation sites excluding steroid dienone is 1. The average molecular weight is 465 g/mol. The van der Waals surface area contributed by atoms with Crippen LogP contribution in [0.4, 0.5) is 20.4 Å². The lowest BCUT2D eigenvalue weighted by atomic mass is 10.1. The fourth-order valence-electron chi connectivity index (χ4n) is 4.67. The summed E-state index contributed by atoms with van der Waals surface area (Å²) in [5.41, 5.74) is 2.85. The highest BCUT2D eigenvalue weighted by molar-refractivity contribution is 6.05. The molecular weight excluding hydrogens is 438 g/mol. The molecule has 9 heteroatoms. The number of nitrogens with zero attached hydrogens (tertiary/aromatic N) is 4. The summed E-state index contributed by atoms with van der Waals surface area (Å²) in [7, 11) is 0. The Bertz CT molecular complexity index is 1240. The van der Waals surface area contributed by atoms with E-state index < -0.39 is 11.6 Å². The van der Waals surface area contributed by atoms with Gasteiger partial charge >= 0.3 is 6.01 Å². The van der Waals surface area contributed by atoms with E-state index in [4.69, 9.17) is 4.74 Å². The second kappa shape index (κ2) is 8.47. The topological polar surface area (TPSA) is 74.7 Å². The first-order chi connectivity index (χ1) is 16.5. The van der Waals surface area contributed by atoms with Crippen LogP contribution in [0.3, 0.4) is 0 Å². The second-order valence-corrected chi connectivity index (χ2v) is 9.28. The van der Waals surface area contributed by atoms with E-state index in [0.717, 1.165) is 43.7 Å². The van der Waals surface area contributed by atoms with Crippen LogP contribution in [-0.4, -0.2) is 48.5 Å². The standard InChI is InChI=1S/C25H26F2N6O/c1-14-8-17-18(9-14)24(27)20(11-19(17)26)34-25-31-22(12-23(32-25)33-6-4-28-5-7-33)30-21-10-16(13-29-21)15-2-3-15/h9-12,15,28H,2-8,13H2,1H3,(H,29,30,31,32). The van der Waals surface area contributed by atoms with Crippen LogP contribution in [0, 0.1) is 17.6 Å². The van der Waals surface area contributed by atoms with Crippen molar-refractivity contribution >= 4 is 23.5 Å². The van der Waals surface area contributed by atoms with Crippen molar-refractivity contribution in [2.45, 2.75) is 26.2 Å². The van der Waals surface area contributed by atoms with Gasteiger partial charge in [0.05, 0.1) is 6.54 Å². The predicted molar refractivity (Wildman–Crippen MR) is 128 cm³/mol. The van der Waals surface area contributed by atoms with Gasteiger partial charge in [0.1, 0.15) is 23.3 Å². The third kappa shape index (κ3) is 4.16. The highest BCUT2D eigenvalue weighted by atomic mass is 19.1. The Morgan fingerprint density at radius 2 is 1.94 bits per heavy atom. The third-order valence-corrected chi connectivity index (χ3v) is 6.62. The van der Waals surface area contributed by atoms with Crippen molar-refractivity contribution in [3.8, 4) is 11.8 Å². The second-order valence-electron chi connectivity index (χ2n) is 9.28. The number of hydrogen-bond acceptors (Lipinski definition) is 7. The first-order valence-corrected chi connectivity index (χ1v) is 11.8. The summed E-state index contributed by atoms with van der Waals surface area (Å²) in [5, 5.41) is 6.57. The molecule has 3 heterocycles. The zero-order valence-corrected chi connectivity index (χ0v) is 19.0. The predicted octanol–water partition coefficient (Wildman–Crippen LogP) is 4.08. The van der Waals surface area contributed by atoms with Gasteiger partial charge in [0.25, 0.3) is 0 Å². The molecule has 6 rings (SSSR count). The Kier molecular flexibility index (Phi) is 5.28. The van der Waals surface area contributed by atoms with E-state index in [-0.39, 0.29) is 17.3 Å². The van der Waals surface area contributed by atoms with Gasteiger partial charge in [0.2, 0.25) is 0 Å². The summed E-state index contributed by atoms with van der Waals surface area (Å²) in [4.78, 5) is 15.7. The molecule has 2 aliphatic heterocycles. The summed E-state index contributed by atoms with van der Waals surface area (Å²) in [6.45, 7) is 5.77. The molecule has 2 fully saturated rings. The van der Waals surface area contributed by atoms with Gasteiger partial charge in [-0.25, -0.2) is 8.78 Å². The number of ether oxygens (including phenoxy) is 1. The van der Waals surface area contributed by atoms with Gasteiger partial charge in [-0.15, -0.1) is 0 Å². The van der Waals surface area contributed by atoms with E-state index in [9.17, 15) is 4.39 Å². The summed E-state index contributed by atoms with van der Waals surface area (Å²) in [5.74, 6) is 1.25. The highest BCUT2D eigenvalue weighted by Gasteiger charge is 2.28. The number of amidine groups is 1. The molecule has 4 aliphatic rings. The number of benzene rings is 1. The van der Waals surface area contributed by atoms with Gasteiger partial charge in [0, 0.05) is 49.4 Å². The maximum atomic E-state index is 15.2. The smallest absolute Gasteiger partial charge is 0.326 e. The number of hydrogen-bond donors (Lipinski definition) is 2. The average Bonchev–Trinajstić information content (AvgIpc) is 3.45. The van der Waals surface area contributed by atoms with Crippen LogP contribution < -0.4 is 20.3 Å². The molecule has 0 bridgehead atoms. The van der Waals surface area contributed by atoms with Gasteiger partial charge < -0.3 is 20.3 Å². The molecule has 0 amide bonds. The number of aromatic nitrogens is 2. The summed E-state index contributed by atoms with van der Waals surface area (Å²) < 4.78 is 35.6. The molecule has 34 heavy (non-hydrogen) atoms. The zero-order valence-electron chi connectivity index (χ0n) is 19.0. The third-order valence-electron chi connectivity index (χ3n) is 6.62. The van der Waals surface area contributed by atoms with Crippen molar-refractivity contribution in [3.05, 3.63) is 52.1 Å². The molecule has 1 saturated heterocycles. The fraction of sp³-hybridized carbons (Fsp3) is 0.400. The molecule has 1 aromatic carbocycles. The number of rotatable bonds is 5. The molecule has 2 aliphatic carbocycles. The van der Waals surface area contributed by atoms with Crippen molar-refractivity contribution in [3.63, 3.8) is 0 Å². The lowest BCUT2D eigenvalue weighted by Crippen LogP contribution is -2.44. The van der Waals surface area contributed by atoms with Crippen LogP contribution in [0.1, 0.15) is 30.9 Å². The lowest BCUT2D eigenvalue weighted by molar-refractivity contribution is 0.405. The summed E-state index contributed by atoms with van der Waals surface area (Å²) in [6.07, 6.45) is 6.60. The van der Waals surface area contributed by atoms with E-state index in [0.29, 0.717) is 36.1 Å². The molecule has 0 unspecified atom stereocenters. The Balaban J connectivity index is 1.32. The maximum Gasteiger partial charge on any atom is 0.326 e. The van der Waals surface area contributed by atoms with Crippen LogP contribution >= 0.6 is 0 Å². The molecule has 0 radical (unpaired) electrons. The van der Waals surface area contributed by atoms with E-state index >= 15 is 4.39 Å². The first-order valence-electron chi connectivity index (χ1n) is 11.8. The fourth-order valence-corrected chi connectivity index (χ4v) is 4.67. The minimum absolute atomic E-state index is 0.0412. The largest absolute Gasteiger partial charge is 0.421 e. The van der Waals surface area contributed by atoms with Crippen LogP contribution in [0.2, 0.25) is 0 Å². The first kappa shape index (κ1) is 21.2. The summed E-state index contributed by atoms with van der Waals surface area (Å²) >= 11 is 0. The van der Waals surface area contributed by atoms with Crippen LogP contribution in [0.25, 0.3) is 6.08 Å².